The first-order chi connectivity index (χ1) is 6.92. The molecule has 2 aromatic carbocycles. The summed E-state index contributed by atoms with van der Waals surface area (Å²) in [6, 6.07) is 14.9. The van der Waals surface area contributed by atoms with Crippen molar-refractivity contribution in [1.82, 2.24) is 0 Å². The molecule has 0 heteroatoms. The number of fused-ring (bicyclic) bond motifs is 1. The van der Waals surface area contributed by atoms with E-state index in [0.29, 0.717) is 0 Å². The van der Waals surface area contributed by atoms with E-state index in [1.165, 1.54) is 16.3 Å². The Bertz CT molecular complexity index is 435. The Hall–Kier alpha value is -1.56. The van der Waals surface area contributed by atoms with Crippen molar-refractivity contribution < 1.29 is 0 Å². The predicted molar refractivity (Wildman–Crippen MR) is 61.1 cm³/mol. The van der Waals surface area contributed by atoms with Crippen LogP contribution < -0.4 is 0 Å². The van der Waals surface area contributed by atoms with E-state index in [4.69, 9.17) is 6.58 Å². The van der Waals surface area contributed by atoms with Gasteiger partial charge in [-0.25, -0.2) is 0 Å². The minimum atomic E-state index is 0.938. The molecule has 0 saturated carbocycles. The fraction of sp³-hybridized carbons (Fsp3) is 0.143. The average Bonchev–Trinajstić information content (AvgIpc) is 2.26. The van der Waals surface area contributed by atoms with Gasteiger partial charge in [0.2, 0.25) is 0 Å². The second-order valence-corrected chi connectivity index (χ2v) is 3.41. The molecular weight excluding hydrogens is 168 g/mol. The van der Waals surface area contributed by atoms with Gasteiger partial charge in [-0.15, -0.1) is 0 Å². The van der Waals surface area contributed by atoms with E-state index in [2.05, 4.69) is 42.5 Å². The van der Waals surface area contributed by atoms with Crippen LogP contribution in [0.15, 0.2) is 48.5 Å². The highest BCUT2D eigenvalue weighted by Crippen LogP contribution is 2.19. The molecule has 0 aromatic heterocycles. The van der Waals surface area contributed by atoms with Crippen LogP contribution in [0.2, 0.25) is 0 Å². The van der Waals surface area contributed by atoms with Gasteiger partial charge in [-0.1, -0.05) is 55.1 Å². The third kappa shape index (κ3) is 1.69. The van der Waals surface area contributed by atoms with E-state index in [1.807, 2.05) is 0 Å². The molecule has 0 nitrogen and oxygen atoms in total. The third-order valence-corrected chi connectivity index (χ3v) is 2.46. The van der Waals surface area contributed by atoms with Crippen molar-refractivity contribution in [1.29, 1.82) is 0 Å². The van der Waals surface area contributed by atoms with Gasteiger partial charge >= 0.3 is 0 Å². The maximum absolute atomic E-state index is 5.40. The summed E-state index contributed by atoms with van der Waals surface area (Å²) in [6.45, 7) is 5.40. The first-order valence-corrected chi connectivity index (χ1v) is 4.92. The second kappa shape index (κ2) is 4.10. The molecule has 69 valence electrons. The molecule has 0 aliphatic rings. The van der Waals surface area contributed by atoms with Gasteiger partial charge in [0.05, 0.1) is 0 Å². The summed E-state index contributed by atoms with van der Waals surface area (Å²) in [5.41, 5.74) is 1.38. The molecule has 0 unspecified atom stereocenters. The normalized spacial score (nSPS) is 10.3. The van der Waals surface area contributed by atoms with Crippen molar-refractivity contribution in [2.24, 2.45) is 0 Å². The molecule has 0 bridgehead atoms. The Morgan fingerprint density at radius 1 is 1.00 bits per heavy atom. The molecule has 0 spiro atoms. The molecule has 2 aromatic rings. The number of hydrogen-bond donors (Lipinski definition) is 0. The molecule has 2 rings (SSSR count). The van der Waals surface area contributed by atoms with Crippen LogP contribution >= 0.6 is 0 Å². The van der Waals surface area contributed by atoms with E-state index in [-0.39, 0.29) is 0 Å². The minimum Gasteiger partial charge on any atom is -0.0842 e. The van der Waals surface area contributed by atoms with Crippen LogP contribution in [0.5, 0.6) is 0 Å². The molecule has 0 fully saturated rings. The Labute approximate surface area is 84.9 Å². The van der Waals surface area contributed by atoms with Crippen molar-refractivity contribution in [2.75, 3.05) is 0 Å². The number of hydrogen-bond acceptors (Lipinski definition) is 0. The quantitative estimate of drug-likeness (QED) is 0.676. The van der Waals surface area contributed by atoms with Gasteiger partial charge in [-0.2, -0.15) is 0 Å². The van der Waals surface area contributed by atoms with Crippen molar-refractivity contribution >= 4 is 10.8 Å². The summed E-state index contributed by atoms with van der Waals surface area (Å²) in [6.07, 6.45) is 3.69. The van der Waals surface area contributed by atoms with E-state index in [9.17, 15) is 0 Å². The summed E-state index contributed by atoms with van der Waals surface area (Å²) in [7, 11) is 0. The van der Waals surface area contributed by atoms with E-state index < -0.39 is 0 Å². The molecule has 14 heavy (non-hydrogen) atoms. The standard InChI is InChI=1S/C14H13/c1-2-3-7-12-9-6-10-13-8-4-5-11-14(12)13/h1-2,4-6,8-11H,3,7H2. The summed E-state index contributed by atoms with van der Waals surface area (Å²) in [5, 5.41) is 2.65. The molecule has 0 N–H and O–H groups in total. The summed E-state index contributed by atoms with van der Waals surface area (Å²) in [5.74, 6) is 0. The lowest BCUT2D eigenvalue weighted by atomic mass is 10.0. The van der Waals surface area contributed by atoms with Gasteiger partial charge < -0.3 is 0 Å². The number of rotatable bonds is 3. The Kier molecular flexibility index (Phi) is 2.64. The van der Waals surface area contributed by atoms with E-state index in [1.54, 1.807) is 6.08 Å². The van der Waals surface area contributed by atoms with Gasteiger partial charge in [0.1, 0.15) is 0 Å². The first kappa shape index (κ1) is 9.01. The minimum absolute atomic E-state index is 0.938. The number of allylic oxidation sites excluding steroid dienone is 1. The van der Waals surface area contributed by atoms with Crippen LogP contribution in [0.25, 0.3) is 10.8 Å². The van der Waals surface area contributed by atoms with Gasteiger partial charge in [0.25, 0.3) is 0 Å². The van der Waals surface area contributed by atoms with Crippen LogP contribution in [-0.2, 0) is 6.42 Å². The maximum Gasteiger partial charge on any atom is -0.0152 e. The predicted octanol–water partition coefficient (Wildman–Crippen LogP) is 3.76. The third-order valence-electron chi connectivity index (χ3n) is 2.46. The first-order valence-electron chi connectivity index (χ1n) is 4.92. The molecule has 1 radical (unpaired) electrons. The Morgan fingerprint density at radius 2 is 1.79 bits per heavy atom. The van der Waals surface area contributed by atoms with Crippen LogP contribution in [0.4, 0.5) is 0 Å². The van der Waals surface area contributed by atoms with Gasteiger partial charge in [-0.3, -0.25) is 0 Å². The molecular formula is C14H13. The average molecular weight is 181 g/mol. The smallest absolute Gasteiger partial charge is 0.0152 e. The zero-order valence-corrected chi connectivity index (χ0v) is 8.11. The molecule has 0 atom stereocenters. The SMILES string of the molecule is [CH]=CCCc1cccc2ccccc12. The molecule has 0 aliphatic carbocycles. The summed E-state index contributed by atoms with van der Waals surface area (Å²) in [4.78, 5) is 0. The lowest BCUT2D eigenvalue weighted by Gasteiger charge is -2.04. The lowest BCUT2D eigenvalue weighted by Crippen LogP contribution is -1.85. The number of aryl methyl sites for hydroxylation is 1. The molecule has 0 amide bonds. The highest BCUT2D eigenvalue weighted by atomic mass is 14.0. The van der Waals surface area contributed by atoms with Gasteiger partial charge in [0, 0.05) is 0 Å². The largest absolute Gasteiger partial charge is 0.0842 e. The maximum atomic E-state index is 5.40. The van der Waals surface area contributed by atoms with Crippen LogP contribution in [0, 0.1) is 6.58 Å². The Balaban J connectivity index is 2.48. The molecule has 0 heterocycles. The lowest BCUT2D eigenvalue weighted by molar-refractivity contribution is 1.01. The molecule has 0 aliphatic heterocycles. The van der Waals surface area contributed by atoms with Crippen molar-refractivity contribution in [3.63, 3.8) is 0 Å². The van der Waals surface area contributed by atoms with Gasteiger partial charge in [-0.05, 0) is 29.2 Å². The van der Waals surface area contributed by atoms with E-state index >= 15 is 0 Å². The Morgan fingerprint density at radius 3 is 2.64 bits per heavy atom. The zero-order valence-electron chi connectivity index (χ0n) is 8.11. The fourth-order valence-electron chi connectivity index (χ4n) is 1.75. The molecule has 0 saturated heterocycles. The monoisotopic (exact) mass is 181 g/mol. The zero-order chi connectivity index (χ0) is 9.80. The highest BCUT2D eigenvalue weighted by Gasteiger charge is 1.97. The van der Waals surface area contributed by atoms with Crippen LogP contribution in [0.3, 0.4) is 0 Å². The van der Waals surface area contributed by atoms with E-state index in [0.717, 1.165) is 12.8 Å². The second-order valence-electron chi connectivity index (χ2n) is 3.41. The van der Waals surface area contributed by atoms with Crippen molar-refractivity contribution in [2.45, 2.75) is 12.8 Å². The van der Waals surface area contributed by atoms with Gasteiger partial charge in [0.15, 0.2) is 0 Å². The number of benzene rings is 2. The van der Waals surface area contributed by atoms with Crippen LogP contribution in [0.1, 0.15) is 12.0 Å². The van der Waals surface area contributed by atoms with Crippen LogP contribution in [-0.4, -0.2) is 0 Å². The fourth-order valence-corrected chi connectivity index (χ4v) is 1.75. The van der Waals surface area contributed by atoms with Crippen molar-refractivity contribution in [3.05, 3.63) is 60.7 Å². The topological polar surface area (TPSA) is 0 Å². The highest BCUT2D eigenvalue weighted by molar-refractivity contribution is 5.85. The summed E-state index contributed by atoms with van der Waals surface area (Å²) < 4.78 is 0. The summed E-state index contributed by atoms with van der Waals surface area (Å²) >= 11 is 0. The van der Waals surface area contributed by atoms with Crippen molar-refractivity contribution in [3.8, 4) is 0 Å².